The Morgan fingerprint density at radius 2 is 1.95 bits per heavy atom. The third-order valence-corrected chi connectivity index (χ3v) is 4.27. The average Bonchev–Trinajstić information content (AvgIpc) is 2.48. The Bertz CT molecular complexity index is 444. The van der Waals surface area contributed by atoms with Gasteiger partial charge in [0.1, 0.15) is 0 Å². The fourth-order valence-corrected chi connectivity index (χ4v) is 2.92. The zero-order valence-electron chi connectivity index (χ0n) is 12.9. The Balaban J connectivity index is 1.97. The molecule has 0 bridgehead atoms. The van der Waals surface area contributed by atoms with Gasteiger partial charge in [0, 0.05) is 5.56 Å². The molecule has 21 heavy (non-hydrogen) atoms. The topological polar surface area (TPSA) is 21.3 Å². The van der Waals surface area contributed by atoms with Crippen LogP contribution in [0.15, 0.2) is 18.2 Å². The summed E-state index contributed by atoms with van der Waals surface area (Å²) < 4.78 is 33.2. The Kier molecular flexibility index (Phi) is 6.12. The number of benzene rings is 1. The lowest BCUT2D eigenvalue weighted by atomic mass is 9.89. The molecule has 2 nitrogen and oxygen atoms in total. The van der Waals surface area contributed by atoms with Crippen LogP contribution in [0.2, 0.25) is 0 Å². The van der Waals surface area contributed by atoms with Gasteiger partial charge in [0.15, 0.2) is 11.6 Å². The normalized spacial score (nSPS) is 24.0. The summed E-state index contributed by atoms with van der Waals surface area (Å²) in [6.07, 6.45) is 4.74. The third-order valence-electron chi connectivity index (χ3n) is 4.27. The largest absolute Gasteiger partial charge is 0.376 e. The van der Waals surface area contributed by atoms with Crippen LogP contribution in [0, 0.1) is 17.6 Å². The first kappa shape index (κ1) is 16.4. The van der Waals surface area contributed by atoms with Gasteiger partial charge in [-0.25, -0.2) is 8.78 Å². The standard InChI is InChI=1S/C17H25F2NO/c1-3-20-16(14-5-4-6-15(18)17(14)19)11-21-13-9-7-12(2)8-10-13/h4-6,12-13,16,20H,3,7-11H2,1-2H3. The molecule has 0 saturated heterocycles. The van der Waals surface area contributed by atoms with Crippen molar-refractivity contribution in [3.05, 3.63) is 35.4 Å². The minimum Gasteiger partial charge on any atom is -0.376 e. The van der Waals surface area contributed by atoms with Gasteiger partial charge >= 0.3 is 0 Å². The van der Waals surface area contributed by atoms with Crippen molar-refractivity contribution in [1.29, 1.82) is 0 Å². The summed E-state index contributed by atoms with van der Waals surface area (Å²) in [5.41, 5.74) is 0.348. The Labute approximate surface area is 125 Å². The van der Waals surface area contributed by atoms with Crippen LogP contribution in [-0.4, -0.2) is 19.3 Å². The van der Waals surface area contributed by atoms with Crippen molar-refractivity contribution in [2.75, 3.05) is 13.2 Å². The van der Waals surface area contributed by atoms with Gasteiger partial charge in [0.2, 0.25) is 0 Å². The number of rotatable bonds is 6. The molecule has 4 heteroatoms. The Morgan fingerprint density at radius 1 is 1.24 bits per heavy atom. The summed E-state index contributed by atoms with van der Waals surface area (Å²) in [5.74, 6) is -0.804. The summed E-state index contributed by atoms with van der Waals surface area (Å²) >= 11 is 0. The fraction of sp³-hybridized carbons (Fsp3) is 0.647. The summed E-state index contributed by atoms with van der Waals surface area (Å²) in [7, 11) is 0. The molecular weight excluding hydrogens is 272 g/mol. The van der Waals surface area contributed by atoms with Crippen molar-refractivity contribution >= 4 is 0 Å². The van der Waals surface area contributed by atoms with Crippen LogP contribution in [0.3, 0.4) is 0 Å². The second-order valence-corrected chi connectivity index (χ2v) is 5.97. The lowest BCUT2D eigenvalue weighted by Gasteiger charge is -2.28. The molecule has 0 radical (unpaired) electrons. The highest BCUT2D eigenvalue weighted by Crippen LogP contribution is 2.27. The minimum atomic E-state index is -0.804. The van der Waals surface area contributed by atoms with E-state index in [1.165, 1.54) is 12.8 Å². The van der Waals surface area contributed by atoms with Crippen LogP contribution in [0.1, 0.15) is 51.1 Å². The molecule has 118 valence electrons. The van der Waals surface area contributed by atoms with Crippen molar-refractivity contribution < 1.29 is 13.5 Å². The molecule has 1 fully saturated rings. The Morgan fingerprint density at radius 3 is 2.62 bits per heavy atom. The van der Waals surface area contributed by atoms with E-state index in [1.54, 1.807) is 12.1 Å². The maximum atomic E-state index is 13.9. The van der Waals surface area contributed by atoms with E-state index in [0.29, 0.717) is 18.7 Å². The molecule has 1 atom stereocenters. The average molecular weight is 297 g/mol. The summed E-state index contributed by atoms with van der Waals surface area (Å²) in [5, 5.41) is 3.18. The van der Waals surface area contributed by atoms with E-state index in [0.717, 1.165) is 24.8 Å². The van der Waals surface area contributed by atoms with E-state index in [-0.39, 0.29) is 12.1 Å². The molecule has 0 aliphatic heterocycles. The maximum Gasteiger partial charge on any atom is 0.163 e. The van der Waals surface area contributed by atoms with Gasteiger partial charge in [-0.15, -0.1) is 0 Å². The van der Waals surface area contributed by atoms with Crippen molar-refractivity contribution in [3.63, 3.8) is 0 Å². The first-order chi connectivity index (χ1) is 10.1. The Hall–Kier alpha value is -1.00. The van der Waals surface area contributed by atoms with Crippen molar-refractivity contribution in [1.82, 2.24) is 5.32 Å². The molecule has 0 aromatic heterocycles. The second kappa shape index (κ2) is 7.85. The molecular formula is C17H25F2NO. The number of hydrogen-bond donors (Lipinski definition) is 1. The van der Waals surface area contributed by atoms with E-state index in [1.807, 2.05) is 6.92 Å². The van der Waals surface area contributed by atoms with Crippen LogP contribution >= 0.6 is 0 Å². The van der Waals surface area contributed by atoms with Gasteiger partial charge in [-0.3, -0.25) is 0 Å². The second-order valence-electron chi connectivity index (χ2n) is 5.97. The third kappa shape index (κ3) is 4.48. The monoisotopic (exact) mass is 297 g/mol. The van der Waals surface area contributed by atoms with Crippen LogP contribution < -0.4 is 5.32 Å². The molecule has 1 unspecified atom stereocenters. The summed E-state index contributed by atoms with van der Waals surface area (Å²) in [4.78, 5) is 0. The van der Waals surface area contributed by atoms with Crippen molar-refractivity contribution in [2.45, 2.75) is 51.7 Å². The quantitative estimate of drug-likeness (QED) is 0.849. The molecule has 0 spiro atoms. The van der Waals surface area contributed by atoms with Crippen molar-refractivity contribution in [3.8, 4) is 0 Å². The molecule has 1 aromatic carbocycles. The highest BCUT2D eigenvalue weighted by Gasteiger charge is 2.22. The predicted octanol–water partition coefficient (Wildman–Crippen LogP) is 4.21. The molecule has 1 aliphatic carbocycles. The van der Waals surface area contributed by atoms with Gasteiger partial charge in [-0.2, -0.15) is 0 Å². The highest BCUT2D eigenvalue weighted by atomic mass is 19.2. The predicted molar refractivity (Wildman–Crippen MR) is 80.1 cm³/mol. The van der Waals surface area contributed by atoms with Gasteiger partial charge in [0.25, 0.3) is 0 Å². The van der Waals surface area contributed by atoms with Crippen LogP contribution in [0.4, 0.5) is 8.78 Å². The van der Waals surface area contributed by atoms with Gasteiger partial charge in [0.05, 0.1) is 18.8 Å². The number of nitrogens with one attached hydrogen (secondary N) is 1. The highest BCUT2D eigenvalue weighted by molar-refractivity contribution is 5.22. The first-order valence-corrected chi connectivity index (χ1v) is 7.90. The molecule has 1 saturated carbocycles. The molecule has 0 heterocycles. The van der Waals surface area contributed by atoms with Gasteiger partial charge in [-0.1, -0.05) is 26.0 Å². The van der Waals surface area contributed by atoms with Gasteiger partial charge in [-0.05, 0) is 44.2 Å². The van der Waals surface area contributed by atoms with Crippen LogP contribution in [-0.2, 0) is 4.74 Å². The zero-order chi connectivity index (χ0) is 15.2. The fourth-order valence-electron chi connectivity index (χ4n) is 2.92. The zero-order valence-corrected chi connectivity index (χ0v) is 12.9. The number of halogens is 2. The minimum absolute atomic E-state index is 0.249. The van der Waals surface area contributed by atoms with E-state index in [9.17, 15) is 8.78 Å². The smallest absolute Gasteiger partial charge is 0.163 e. The molecule has 2 rings (SSSR count). The van der Waals surface area contributed by atoms with E-state index in [4.69, 9.17) is 4.74 Å². The molecule has 1 aliphatic rings. The lowest BCUT2D eigenvalue weighted by Crippen LogP contribution is -2.30. The van der Waals surface area contributed by atoms with E-state index >= 15 is 0 Å². The molecule has 1 aromatic rings. The van der Waals surface area contributed by atoms with Crippen LogP contribution in [0.5, 0.6) is 0 Å². The summed E-state index contributed by atoms with van der Waals surface area (Å²) in [6, 6.07) is 4.01. The summed E-state index contributed by atoms with van der Waals surface area (Å²) in [6.45, 7) is 5.28. The SMILES string of the molecule is CCNC(COC1CCC(C)CC1)c1cccc(F)c1F. The maximum absolute atomic E-state index is 13.9. The number of ether oxygens (including phenoxy) is 1. The number of likely N-dealkylation sites (N-methyl/N-ethyl adjacent to an activating group) is 1. The number of hydrogen-bond acceptors (Lipinski definition) is 2. The molecule has 0 amide bonds. The van der Waals surface area contributed by atoms with Gasteiger partial charge < -0.3 is 10.1 Å². The first-order valence-electron chi connectivity index (χ1n) is 7.90. The van der Waals surface area contributed by atoms with E-state index < -0.39 is 11.6 Å². The van der Waals surface area contributed by atoms with E-state index in [2.05, 4.69) is 12.2 Å². The lowest BCUT2D eigenvalue weighted by molar-refractivity contribution is 0.00760. The molecule has 1 N–H and O–H groups in total. The van der Waals surface area contributed by atoms with Crippen molar-refractivity contribution in [2.24, 2.45) is 5.92 Å². The van der Waals surface area contributed by atoms with Crippen LogP contribution in [0.25, 0.3) is 0 Å².